The molecule has 0 saturated carbocycles. The second kappa shape index (κ2) is 7.15. The summed E-state index contributed by atoms with van der Waals surface area (Å²) in [5.41, 5.74) is 1.12. The van der Waals surface area contributed by atoms with Gasteiger partial charge in [0, 0.05) is 19.6 Å². The monoisotopic (exact) mass is 396 g/mol. The third kappa shape index (κ3) is 3.20. The minimum atomic E-state index is -3.74. The molecule has 140 valence electrons. The first-order valence-corrected chi connectivity index (χ1v) is 11.0. The number of morpholine rings is 1. The predicted octanol–water partition coefficient (Wildman–Crippen LogP) is 2.34. The summed E-state index contributed by atoms with van der Waals surface area (Å²) in [4.78, 5) is 14.6. The maximum absolute atomic E-state index is 12.9. The van der Waals surface area contributed by atoms with Crippen LogP contribution in [0.5, 0.6) is 0 Å². The molecule has 0 radical (unpaired) electrons. The summed E-state index contributed by atoms with van der Waals surface area (Å²) in [7, 11) is -3.74. The Kier molecular flexibility index (Phi) is 4.87. The Labute approximate surface area is 156 Å². The van der Waals surface area contributed by atoms with Crippen LogP contribution in [0.3, 0.4) is 0 Å². The van der Waals surface area contributed by atoms with Crippen molar-refractivity contribution in [1.82, 2.24) is 9.21 Å². The molecular formula is C17H20N2O5S2. The number of hydrogen-bond acceptors (Lipinski definition) is 6. The topological polar surface area (TPSA) is 80.1 Å². The summed E-state index contributed by atoms with van der Waals surface area (Å²) in [6.07, 6.45) is 1.83. The van der Waals surface area contributed by atoms with Gasteiger partial charge < -0.3 is 14.1 Å². The summed E-state index contributed by atoms with van der Waals surface area (Å²) in [6.45, 7) is 1.95. The van der Waals surface area contributed by atoms with Crippen molar-refractivity contribution in [2.24, 2.45) is 0 Å². The number of nitrogens with zero attached hydrogens (tertiary/aromatic N) is 2. The molecule has 2 aromatic heterocycles. The number of rotatable bonds is 4. The van der Waals surface area contributed by atoms with Crippen LogP contribution in [0.2, 0.25) is 0 Å². The summed E-state index contributed by atoms with van der Waals surface area (Å²) in [6, 6.07) is 4.88. The molecule has 1 atom stereocenters. The summed E-state index contributed by atoms with van der Waals surface area (Å²) >= 11 is 1.60. The molecule has 9 heteroatoms. The standard InChI is InChI=1S/C17H20N2O5S2/c20-17(19-6-1-2-14(19)13-5-11-25-12-13)15-3-4-16(24-15)26(21,22)18-7-9-23-10-8-18/h3-5,11-12,14H,1-2,6-10H2. The Morgan fingerprint density at radius 2 is 1.96 bits per heavy atom. The highest BCUT2D eigenvalue weighted by molar-refractivity contribution is 7.89. The third-order valence-electron chi connectivity index (χ3n) is 4.80. The van der Waals surface area contributed by atoms with E-state index in [1.54, 1.807) is 16.2 Å². The Morgan fingerprint density at radius 1 is 1.15 bits per heavy atom. The van der Waals surface area contributed by atoms with E-state index >= 15 is 0 Å². The summed E-state index contributed by atoms with van der Waals surface area (Å²) in [5.74, 6) is -0.193. The van der Waals surface area contributed by atoms with Gasteiger partial charge in [0.1, 0.15) is 0 Å². The van der Waals surface area contributed by atoms with Crippen molar-refractivity contribution >= 4 is 27.3 Å². The van der Waals surface area contributed by atoms with Gasteiger partial charge >= 0.3 is 0 Å². The van der Waals surface area contributed by atoms with Crippen molar-refractivity contribution < 1.29 is 22.4 Å². The quantitative estimate of drug-likeness (QED) is 0.792. The van der Waals surface area contributed by atoms with Crippen molar-refractivity contribution in [1.29, 1.82) is 0 Å². The Balaban J connectivity index is 1.55. The Bertz CT molecular complexity index is 869. The van der Waals surface area contributed by atoms with E-state index < -0.39 is 10.0 Å². The molecule has 2 fully saturated rings. The zero-order valence-corrected chi connectivity index (χ0v) is 15.8. The van der Waals surface area contributed by atoms with E-state index in [0.29, 0.717) is 32.8 Å². The predicted molar refractivity (Wildman–Crippen MR) is 95.6 cm³/mol. The molecule has 0 N–H and O–H groups in total. The lowest BCUT2D eigenvalue weighted by atomic mass is 10.1. The molecule has 26 heavy (non-hydrogen) atoms. The average molecular weight is 396 g/mol. The van der Waals surface area contributed by atoms with Crippen LogP contribution in [-0.2, 0) is 14.8 Å². The summed E-state index contributed by atoms with van der Waals surface area (Å²) < 4.78 is 37.3. The van der Waals surface area contributed by atoms with Gasteiger partial charge in [0.2, 0.25) is 5.09 Å². The molecule has 1 unspecified atom stereocenters. The van der Waals surface area contributed by atoms with E-state index in [9.17, 15) is 13.2 Å². The van der Waals surface area contributed by atoms with Crippen LogP contribution in [0.4, 0.5) is 0 Å². The highest BCUT2D eigenvalue weighted by Gasteiger charge is 2.34. The second-order valence-electron chi connectivity index (χ2n) is 6.35. The van der Waals surface area contributed by atoms with E-state index in [-0.39, 0.29) is 22.8 Å². The number of ether oxygens (including phenoxy) is 1. The molecule has 2 aliphatic heterocycles. The van der Waals surface area contributed by atoms with Crippen LogP contribution >= 0.6 is 11.3 Å². The maximum Gasteiger partial charge on any atom is 0.290 e. The fourth-order valence-electron chi connectivity index (χ4n) is 3.45. The molecule has 7 nitrogen and oxygen atoms in total. The van der Waals surface area contributed by atoms with Crippen molar-refractivity contribution in [2.75, 3.05) is 32.8 Å². The fourth-order valence-corrected chi connectivity index (χ4v) is 5.48. The molecule has 2 aromatic rings. The lowest BCUT2D eigenvalue weighted by Crippen LogP contribution is -2.40. The zero-order valence-electron chi connectivity index (χ0n) is 14.2. The van der Waals surface area contributed by atoms with E-state index in [1.807, 2.05) is 16.8 Å². The molecule has 4 rings (SSSR count). The first-order valence-electron chi connectivity index (χ1n) is 8.58. The van der Waals surface area contributed by atoms with Gasteiger partial charge in [-0.2, -0.15) is 15.6 Å². The van der Waals surface area contributed by atoms with Crippen LogP contribution in [0.1, 0.15) is 35.0 Å². The van der Waals surface area contributed by atoms with Crippen LogP contribution in [0.15, 0.2) is 38.5 Å². The number of carbonyl (C=O) groups excluding carboxylic acids is 1. The highest BCUT2D eigenvalue weighted by Crippen LogP contribution is 2.34. The number of furan rings is 1. The molecule has 0 bridgehead atoms. The smallest absolute Gasteiger partial charge is 0.290 e. The van der Waals surface area contributed by atoms with E-state index in [0.717, 1.165) is 18.4 Å². The fraction of sp³-hybridized carbons (Fsp3) is 0.471. The van der Waals surface area contributed by atoms with E-state index in [2.05, 4.69) is 0 Å². The normalized spacial score (nSPS) is 22.0. The molecule has 0 aliphatic carbocycles. The van der Waals surface area contributed by atoms with E-state index in [1.165, 1.54) is 16.4 Å². The maximum atomic E-state index is 12.9. The average Bonchev–Trinajstić information content (AvgIpc) is 3.42. The van der Waals surface area contributed by atoms with Gasteiger partial charge in [0.15, 0.2) is 5.76 Å². The number of amides is 1. The van der Waals surface area contributed by atoms with Gasteiger partial charge in [-0.3, -0.25) is 4.79 Å². The van der Waals surface area contributed by atoms with Gasteiger partial charge in [-0.15, -0.1) is 0 Å². The van der Waals surface area contributed by atoms with Crippen molar-refractivity contribution in [2.45, 2.75) is 24.0 Å². The number of carbonyl (C=O) groups is 1. The number of likely N-dealkylation sites (tertiary alicyclic amines) is 1. The minimum absolute atomic E-state index is 0.0261. The molecular weight excluding hydrogens is 376 g/mol. The Morgan fingerprint density at radius 3 is 2.69 bits per heavy atom. The molecule has 0 aromatic carbocycles. The summed E-state index contributed by atoms with van der Waals surface area (Å²) in [5, 5.41) is 3.86. The largest absolute Gasteiger partial charge is 0.438 e. The third-order valence-corrected chi connectivity index (χ3v) is 7.27. The van der Waals surface area contributed by atoms with Crippen molar-refractivity contribution in [3.63, 3.8) is 0 Å². The minimum Gasteiger partial charge on any atom is -0.438 e. The van der Waals surface area contributed by atoms with Crippen molar-refractivity contribution in [3.8, 4) is 0 Å². The molecule has 2 aliphatic rings. The van der Waals surface area contributed by atoms with Crippen LogP contribution < -0.4 is 0 Å². The van der Waals surface area contributed by atoms with Gasteiger partial charge in [0.05, 0.1) is 19.3 Å². The van der Waals surface area contributed by atoms with Crippen LogP contribution in [0, 0.1) is 0 Å². The van der Waals surface area contributed by atoms with Gasteiger partial charge in [-0.25, -0.2) is 8.42 Å². The number of sulfonamides is 1. The molecule has 2 saturated heterocycles. The lowest BCUT2D eigenvalue weighted by molar-refractivity contribution is 0.0688. The van der Waals surface area contributed by atoms with E-state index in [4.69, 9.17) is 9.15 Å². The van der Waals surface area contributed by atoms with Gasteiger partial charge in [-0.05, 0) is 47.4 Å². The zero-order chi connectivity index (χ0) is 18.1. The first-order chi connectivity index (χ1) is 12.6. The van der Waals surface area contributed by atoms with Crippen LogP contribution in [0.25, 0.3) is 0 Å². The number of hydrogen-bond donors (Lipinski definition) is 0. The SMILES string of the molecule is O=C(c1ccc(S(=O)(=O)N2CCOCC2)o1)N1CCCC1c1ccsc1. The lowest BCUT2D eigenvalue weighted by Gasteiger charge is -2.25. The molecule has 0 spiro atoms. The van der Waals surface area contributed by atoms with Crippen LogP contribution in [-0.4, -0.2) is 56.4 Å². The first kappa shape index (κ1) is 17.7. The Hall–Kier alpha value is -1.68. The molecule has 4 heterocycles. The highest BCUT2D eigenvalue weighted by atomic mass is 32.2. The van der Waals surface area contributed by atoms with Gasteiger partial charge in [0.25, 0.3) is 15.9 Å². The van der Waals surface area contributed by atoms with Gasteiger partial charge in [-0.1, -0.05) is 0 Å². The molecule has 1 amide bonds. The van der Waals surface area contributed by atoms with Crippen molar-refractivity contribution in [3.05, 3.63) is 40.3 Å². The number of thiophene rings is 1. The second-order valence-corrected chi connectivity index (χ2v) is 9.00.